The number of carbonyl (C=O) groups is 1. The first-order valence-corrected chi connectivity index (χ1v) is 6.08. The molecule has 1 amide bonds. The highest BCUT2D eigenvalue weighted by Gasteiger charge is 2.12. The zero-order chi connectivity index (χ0) is 13.7. The summed E-state index contributed by atoms with van der Waals surface area (Å²) in [6, 6.07) is 7.29. The molecule has 18 heavy (non-hydrogen) atoms. The average Bonchev–Trinajstić information content (AvgIpc) is 2.35. The van der Waals surface area contributed by atoms with E-state index in [1.807, 2.05) is 19.9 Å². The van der Waals surface area contributed by atoms with Gasteiger partial charge in [-0.05, 0) is 38.5 Å². The maximum atomic E-state index is 11.7. The number of benzene rings is 1. The van der Waals surface area contributed by atoms with Gasteiger partial charge in [0, 0.05) is 13.1 Å². The molecular formula is C14H21NO3. The third-order valence-electron chi connectivity index (χ3n) is 2.87. The van der Waals surface area contributed by atoms with E-state index in [1.165, 1.54) is 0 Å². The van der Waals surface area contributed by atoms with E-state index >= 15 is 0 Å². The van der Waals surface area contributed by atoms with E-state index in [-0.39, 0.29) is 18.6 Å². The van der Waals surface area contributed by atoms with Gasteiger partial charge in [-0.15, -0.1) is 0 Å². The van der Waals surface area contributed by atoms with Crippen LogP contribution in [0.4, 0.5) is 0 Å². The smallest absolute Gasteiger partial charge is 0.260 e. The number of rotatable bonds is 5. The van der Waals surface area contributed by atoms with Gasteiger partial charge in [-0.1, -0.05) is 12.1 Å². The molecule has 4 nitrogen and oxygen atoms in total. The van der Waals surface area contributed by atoms with Crippen molar-refractivity contribution in [1.29, 1.82) is 0 Å². The van der Waals surface area contributed by atoms with Crippen LogP contribution in [0.15, 0.2) is 24.3 Å². The molecule has 1 rings (SSSR count). The largest absolute Gasteiger partial charge is 0.484 e. The predicted octanol–water partition coefficient (Wildman–Crippen LogP) is 1.99. The van der Waals surface area contributed by atoms with Crippen LogP contribution in [0.2, 0.25) is 0 Å². The first kappa shape index (κ1) is 14.5. The van der Waals surface area contributed by atoms with Crippen molar-refractivity contribution >= 4 is 5.91 Å². The van der Waals surface area contributed by atoms with Crippen molar-refractivity contribution in [2.24, 2.45) is 0 Å². The highest BCUT2D eigenvalue weighted by molar-refractivity contribution is 5.77. The van der Waals surface area contributed by atoms with Crippen molar-refractivity contribution < 1.29 is 14.6 Å². The zero-order valence-electron chi connectivity index (χ0n) is 11.4. The molecule has 0 saturated heterocycles. The Kier molecular flexibility index (Phi) is 5.16. The van der Waals surface area contributed by atoms with Crippen molar-refractivity contribution in [3.05, 3.63) is 29.8 Å². The van der Waals surface area contributed by atoms with Gasteiger partial charge in [-0.3, -0.25) is 4.79 Å². The summed E-state index contributed by atoms with van der Waals surface area (Å²) in [6.45, 7) is 5.60. The molecule has 0 spiro atoms. The Morgan fingerprint density at radius 2 is 2.06 bits per heavy atom. The third-order valence-corrected chi connectivity index (χ3v) is 2.87. The fourth-order valence-electron chi connectivity index (χ4n) is 1.40. The fraction of sp³-hybridized carbons (Fsp3) is 0.500. The summed E-state index contributed by atoms with van der Waals surface area (Å²) in [5.74, 6) is 0.534. The summed E-state index contributed by atoms with van der Waals surface area (Å²) in [4.78, 5) is 13.4. The Morgan fingerprint density at radius 3 is 2.61 bits per heavy atom. The lowest BCUT2D eigenvalue weighted by molar-refractivity contribution is -0.133. The molecule has 1 aromatic carbocycles. The minimum atomic E-state index is -0.539. The molecule has 0 aromatic heterocycles. The van der Waals surface area contributed by atoms with Gasteiger partial charge in [-0.25, -0.2) is 0 Å². The summed E-state index contributed by atoms with van der Waals surface area (Å²) in [5, 5.41) is 9.46. The van der Waals surface area contributed by atoms with Crippen LogP contribution in [0, 0.1) is 0 Å². The standard InChI is InChI=1S/C14H21NO3/c1-10(2)15(4)14(17)9-18-13-7-5-6-12(8-13)11(3)16/h5-8,10-11,16H,9H2,1-4H3/t11-/m1/s1. The number of ether oxygens (including phenoxy) is 1. The van der Waals surface area contributed by atoms with Crippen LogP contribution in [-0.4, -0.2) is 35.6 Å². The fourth-order valence-corrected chi connectivity index (χ4v) is 1.40. The van der Waals surface area contributed by atoms with E-state index in [1.54, 1.807) is 37.1 Å². The number of carbonyl (C=O) groups excluding carboxylic acids is 1. The van der Waals surface area contributed by atoms with Gasteiger partial charge in [-0.2, -0.15) is 0 Å². The van der Waals surface area contributed by atoms with Gasteiger partial charge < -0.3 is 14.7 Å². The second kappa shape index (κ2) is 6.40. The van der Waals surface area contributed by atoms with Crippen molar-refractivity contribution in [3.63, 3.8) is 0 Å². The molecule has 0 unspecified atom stereocenters. The number of amides is 1. The SMILES string of the molecule is CC(C)N(C)C(=O)COc1cccc([C@@H](C)O)c1. The number of hydrogen-bond acceptors (Lipinski definition) is 3. The Labute approximate surface area is 108 Å². The first-order chi connectivity index (χ1) is 8.41. The van der Waals surface area contributed by atoms with Gasteiger partial charge >= 0.3 is 0 Å². The molecule has 0 aliphatic rings. The van der Waals surface area contributed by atoms with Gasteiger partial charge in [0.05, 0.1) is 6.10 Å². The molecule has 0 fully saturated rings. The Bertz CT molecular complexity index is 402. The molecule has 1 aromatic rings. The molecule has 0 saturated carbocycles. The molecule has 1 atom stereocenters. The topological polar surface area (TPSA) is 49.8 Å². The van der Waals surface area contributed by atoms with Crippen LogP contribution in [-0.2, 0) is 4.79 Å². The molecule has 0 aliphatic heterocycles. The van der Waals surface area contributed by atoms with Crippen molar-refractivity contribution in [2.45, 2.75) is 32.9 Å². The predicted molar refractivity (Wildman–Crippen MR) is 70.5 cm³/mol. The normalized spacial score (nSPS) is 12.3. The van der Waals surface area contributed by atoms with E-state index in [0.717, 1.165) is 5.56 Å². The summed E-state index contributed by atoms with van der Waals surface area (Å²) >= 11 is 0. The molecule has 0 aliphatic carbocycles. The van der Waals surface area contributed by atoms with Crippen LogP contribution in [0.5, 0.6) is 5.75 Å². The van der Waals surface area contributed by atoms with Gasteiger partial charge in [0.15, 0.2) is 6.61 Å². The molecule has 0 bridgehead atoms. The van der Waals surface area contributed by atoms with Crippen LogP contribution >= 0.6 is 0 Å². The summed E-state index contributed by atoms with van der Waals surface area (Å²) in [7, 11) is 1.75. The van der Waals surface area contributed by atoms with Gasteiger partial charge in [0.25, 0.3) is 5.91 Å². The summed E-state index contributed by atoms with van der Waals surface area (Å²) in [6.07, 6.45) is -0.539. The van der Waals surface area contributed by atoms with Gasteiger partial charge in [0.1, 0.15) is 5.75 Å². The third kappa shape index (κ3) is 4.04. The second-order valence-electron chi connectivity index (χ2n) is 4.64. The van der Waals surface area contributed by atoms with E-state index in [9.17, 15) is 9.90 Å². The Balaban J connectivity index is 2.58. The lowest BCUT2D eigenvalue weighted by Crippen LogP contribution is -2.36. The van der Waals surface area contributed by atoms with Crippen LogP contribution in [0.25, 0.3) is 0 Å². The van der Waals surface area contributed by atoms with E-state index in [2.05, 4.69) is 0 Å². The van der Waals surface area contributed by atoms with Crippen LogP contribution in [0.3, 0.4) is 0 Å². The first-order valence-electron chi connectivity index (χ1n) is 6.08. The average molecular weight is 251 g/mol. The lowest BCUT2D eigenvalue weighted by Gasteiger charge is -2.21. The summed E-state index contributed by atoms with van der Waals surface area (Å²) < 4.78 is 5.43. The molecular weight excluding hydrogens is 230 g/mol. The zero-order valence-corrected chi connectivity index (χ0v) is 11.4. The monoisotopic (exact) mass is 251 g/mol. The number of hydrogen-bond donors (Lipinski definition) is 1. The molecule has 100 valence electrons. The minimum absolute atomic E-state index is 0.0118. The number of likely N-dealkylation sites (N-methyl/N-ethyl adjacent to an activating group) is 1. The highest BCUT2D eigenvalue weighted by Crippen LogP contribution is 2.18. The maximum absolute atomic E-state index is 11.7. The Morgan fingerprint density at radius 1 is 1.39 bits per heavy atom. The van der Waals surface area contributed by atoms with E-state index in [4.69, 9.17) is 4.74 Å². The lowest BCUT2D eigenvalue weighted by atomic mass is 10.1. The molecule has 0 heterocycles. The number of aliphatic hydroxyl groups excluding tert-OH is 1. The van der Waals surface area contributed by atoms with Gasteiger partial charge in [0.2, 0.25) is 0 Å². The number of aliphatic hydroxyl groups is 1. The van der Waals surface area contributed by atoms with Crippen LogP contribution in [0.1, 0.15) is 32.4 Å². The quantitative estimate of drug-likeness (QED) is 0.870. The minimum Gasteiger partial charge on any atom is -0.484 e. The molecule has 4 heteroatoms. The molecule has 1 N–H and O–H groups in total. The van der Waals surface area contributed by atoms with E-state index in [0.29, 0.717) is 5.75 Å². The Hall–Kier alpha value is -1.55. The summed E-state index contributed by atoms with van der Waals surface area (Å²) in [5.41, 5.74) is 0.775. The van der Waals surface area contributed by atoms with Crippen LogP contribution < -0.4 is 4.74 Å². The second-order valence-corrected chi connectivity index (χ2v) is 4.64. The van der Waals surface area contributed by atoms with Crippen molar-refractivity contribution in [2.75, 3.05) is 13.7 Å². The maximum Gasteiger partial charge on any atom is 0.260 e. The van der Waals surface area contributed by atoms with Crippen molar-refractivity contribution in [1.82, 2.24) is 4.90 Å². The van der Waals surface area contributed by atoms with Crippen molar-refractivity contribution in [3.8, 4) is 5.75 Å². The van der Waals surface area contributed by atoms with E-state index < -0.39 is 6.10 Å². The molecule has 0 radical (unpaired) electrons. The number of nitrogens with zero attached hydrogens (tertiary/aromatic N) is 1. The highest BCUT2D eigenvalue weighted by atomic mass is 16.5.